The van der Waals surface area contributed by atoms with Crippen LogP contribution in [0.15, 0.2) is 48.5 Å². The van der Waals surface area contributed by atoms with E-state index < -0.39 is 0 Å². The van der Waals surface area contributed by atoms with Crippen LogP contribution >= 0.6 is 0 Å². The molecule has 1 heterocycles. The van der Waals surface area contributed by atoms with Crippen LogP contribution < -0.4 is 14.4 Å². The summed E-state index contributed by atoms with van der Waals surface area (Å²) in [5, 5.41) is 0. The molecule has 1 aliphatic carbocycles. The number of ether oxygens (including phenoxy) is 2. The Morgan fingerprint density at radius 1 is 1.04 bits per heavy atom. The maximum absolute atomic E-state index is 12.0. The minimum atomic E-state index is 0.214. The first-order valence-corrected chi connectivity index (χ1v) is 10.4. The van der Waals surface area contributed by atoms with Crippen molar-refractivity contribution in [2.24, 2.45) is 5.92 Å². The van der Waals surface area contributed by atoms with Crippen molar-refractivity contribution in [1.82, 2.24) is 0 Å². The van der Waals surface area contributed by atoms with E-state index in [1.807, 2.05) is 31.2 Å². The molecule has 148 valence electrons. The number of anilines is 1. The molecule has 0 unspecified atom stereocenters. The van der Waals surface area contributed by atoms with Crippen molar-refractivity contribution in [1.29, 1.82) is 0 Å². The van der Waals surface area contributed by atoms with Crippen molar-refractivity contribution in [3.05, 3.63) is 54.1 Å². The monoisotopic (exact) mass is 379 g/mol. The Labute approximate surface area is 167 Å². The SMILES string of the molecule is CCOc1ccc(N2CC(Oc3ccc([C@H](C)CC(=O)C4CC4)cc3)C2)cc1. The average Bonchev–Trinajstić information content (AvgIpc) is 3.51. The summed E-state index contributed by atoms with van der Waals surface area (Å²) in [7, 11) is 0. The number of benzene rings is 2. The molecule has 1 saturated heterocycles. The Balaban J connectivity index is 1.24. The van der Waals surface area contributed by atoms with Crippen molar-refractivity contribution in [2.45, 2.75) is 45.1 Å². The number of carbonyl (C=O) groups is 1. The molecule has 2 aliphatic rings. The van der Waals surface area contributed by atoms with Gasteiger partial charge in [-0.1, -0.05) is 19.1 Å². The third-order valence-electron chi connectivity index (χ3n) is 5.65. The standard InChI is InChI=1S/C24H29NO3/c1-3-27-21-12-8-20(9-13-21)25-15-23(16-25)28-22-10-6-18(7-11-22)17(2)14-24(26)19-4-5-19/h6-13,17,19,23H,3-5,14-16H2,1-2H3/t17-/m1/s1. The van der Waals surface area contributed by atoms with Crippen molar-refractivity contribution in [2.75, 3.05) is 24.6 Å². The number of hydrogen-bond donors (Lipinski definition) is 0. The third-order valence-corrected chi connectivity index (χ3v) is 5.65. The van der Waals surface area contributed by atoms with Gasteiger partial charge in [-0.2, -0.15) is 0 Å². The van der Waals surface area contributed by atoms with Crippen molar-refractivity contribution >= 4 is 11.5 Å². The van der Waals surface area contributed by atoms with Gasteiger partial charge >= 0.3 is 0 Å². The maximum Gasteiger partial charge on any atom is 0.136 e. The van der Waals surface area contributed by atoms with E-state index in [1.165, 1.54) is 11.3 Å². The molecule has 1 aliphatic heterocycles. The zero-order chi connectivity index (χ0) is 19.5. The van der Waals surface area contributed by atoms with E-state index in [2.05, 4.69) is 36.1 Å². The van der Waals surface area contributed by atoms with Gasteiger partial charge in [0.25, 0.3) is 0 Å². The lowest BCUT2D eigenvalue weighted by atomic mass is 9.94. The molecule has 2 aromatic rings. The van der Waals surface area contributed by atoms with E-state index in [9.17, 15) is 4.79 Å². The highest BCUT2D eigenvalue weighted by molar-refractivity contribution is 5.83. The zero-order valence-electron chi connectivity index (χ0n) is 16.8. The molecule has 0 radical (unpaired) electrons. The predicted molar refractivity (Wildman–Crippen MR) is 111 cm³/mol. The van der Waals surface area contributed by atoms with Crippen LogP contribution in [0, 0.1) is 5.92 Å². The van der Waals surface area contributed by atoms with Crippen LogP contribution in [0.25, 0.3) is 0 Å². The number of carbonyl (C=O) groups excluding carboxylic acids is 1. The highest BCUT2D eigenvalue weighted by Crippen LogP contribution is 2.34. The molecule has 0 spiro atoms. The lowest BCUT2D eigenvalue weighted by Crippen LogP contribution is -2.54. The smallest absolute Gasteiger partial charge is 0.136 e. The largest absolute Gasteiger partial charge is 0.494 e. The van der Waals surface area contributed by atoms with Gasteiger partial charge in [-0.05, 0) is 67.6 Å². The highest BCUT2D eigenvalue weighted by atomic mass is 16.5. The van der Waals surface area contributed by atoms with Crippen LogP contribution in [0.3, 0.4) is 0 Å². The molecule has 4 rings (SSSR count). The molecule has 0 bridgehead atoms. The van der Waals surface area contributed by atoms with Gasteiger partial charge in [0.2, 0.25) is 0 Å². The second-order valence-corrected chi connectivity index (χ2v) is 7.99. The number of rotatable bonds is 9. The van der Waals surface area contributed by atoms with Gasteiger partial charge in [0.15, 0.2) is 0 Å². The van der Waals surface area contributed by atoms with Crippen LogP contribution in [0.5, 0.6) is 11.5 Å². The fourth-order valence-corrected chi connectivity index (χ4v) is 3.70. The number of Topliss-reactive ketones (excluding diaryl/α,β-unsaturated/α-hetero) is 1. The summed E-state index contributed by atoms with van der Waals surface area (Å²) in [4.78, 5) is 14.3. The molecule has 2 aromatic carbocycles. The fourth-order valence-electron chi connectivity index (χ4n) is 3.70. The molecule has 4 heteroatoms. The Bertz CT molecular complexity index is 790. The van der Waals surface area contributed by atoms with Gasteiger partial charge in [-0.3, -0.25) is 4.79 Å². The van der Waals surface area contributed by atoms with Gasteiger partial charge < -0.3 is 14.4 Å². The first-order chi connectivity index (χ1) is 13.6. The second kappa shape index (κ2) is 8.26. The highest BCUT2D eigenvalue weighted by Gasteiger charge is 2.30. The molecule has 4 nitrogen and oxygen atoms in total. The van der Waals surface area contributed by atoms with Crippen molar-refractivity contribution in [3.63, 3.8) is 0 Å². The van der Waals surface area contributed by atoms with Crippen LogP contribution in [0.4, 0.5) is 5.69 Å². The number of hydrogen-bond acceptors (Lipinski definition) is 4. The van der Waals surface area contributed by atoms with E-state index in [0.717, 1.165) is 37.4 Å². The Kier molecular flexibility index (Phi) is 5.56. The summed E-state index contributed by atoms with van der Waals surface area (Å²) in [6, 6.07) is 16.5. The first kappa shape index (κ1) is 18.9. The summed E-state index contributed by atoms with van der Waals surface area (Å²) in [6.45, 7) is 6.60. The van der Waals surface area contributed by atoms with E-state index in [-0.39, 0.29) is 12.0 Å². The lowest BCUT2D eigenvalue weighted by Gasteiger charge is -2.40. The maximum atomic E-state index is 12.0. The Morgan fingerprint density at radius 2 is 1.68 bits per heavy atom. The van der Waals surface area contributed by atoms with Gasteiger partial charge in [0.05, 0.1) is 19.7 Å². The van der Waals surface area contributed by atoms with E-state index in [1.54, 1.807) is 0 Å². The Morgan fingerprint density at radius 3 is 2.29 bits per heavy atom. The summed E-state index contributed by atoms with van der Waals surface area (Å²) < 4.78 is 11.6. The molecular weight excluding hydrogens is 350 g/mol. The lowest BCUT2D eigenvalue weighted by molar-refractivity contribution is -0.120. The summed E-state index contributed by atoms with van der Waals surface area (Å²) in [6.07, 6.45) is 3.05. The molecule has 0 amide bonds. The van der Waals surface area contributed by atoms with Crippen LogP contribution in [-0.2, 0) is 4.79 Å². The van der Waals surface area contributed by atoms with Crippen molar-refractivity contribution < 1.29 is 14.3 Å². The van der Waals surface area contributed by atoms with Gasteiger partial charge in [-0.25, -0.2) is 0 Å². The fraction of sp³-hybridized carbons (Fsp3) is 0.458. The van der Waals surface area contributed by atoms with Gasteiger partial charge in [-0.15, -0.1) is 0 Å². The second-order valence-electron chi connectivity index (χ2n) is 7.99. The topological polar surface area (TPSA) is 38.8 Å². The summed E-state index contributed by atoms with van der Waals surface area (Å²) in [5.41, 5.74) is 2.42. The van der Waals surface area contributed by atoms with Crippen LogP contribution in [-0.4, -0.2) is 31.6 Å². The number of ketones is 1. The van der Waals surface area contributed by atoms with Gasteiger partial charge in [0.1, 0.15) is 23.4 Å². The van der Waals surface area contributed by atoms with Crippen LogP contribution in [0.2, 0.25) is 0 Å². The van der Waals surface area contributed by atoms with Crippen LogP contribution in [0.1, 0.15) is 44.6 Å². The summed E-state index contributed by atoms with van der Waals surface area (Å²) in [5.74, 6) is 2.87. The molecular formula is C24H29NO3. The molecule has 28 heavy (non-hydrogen) atoms. The average molecular weight is 380 g/mol. The molecule has 0 aromatic heterocycles. The van der Waals surface area contributed by atoms with Crippen molar-refractivity contribution in [3.8, 4) is 11.5 Å². The van der Waals surface area contributed by atoms with E-state index in [4.69, 9.17) is 9.47 Å². The Hall–Kier alpha value is -2.49. The predicted octanol–water partition coefficient (Wildman–Crippen LogP) is 4.83. The first-order valence-electron chi connectivity index (χ1n) is 10.4. The van der Waals surface area contributed by atoms with E-state index >= 15 is 0 Å². The number of nitrogens with zero attached hydrogens (tertiary/aromatic N) is 1. The normalized spacial score (nSPS) is 17.7. The zero-order valence-corrected chi connectivity index (χ0v) is 16.8. The minimum Gasteiger partial charge on any atom is -0.494 e. The minimum absolute atomic E-state index is 0.214. The molecule has 2 fully saturated rings. The van der Waals surface area contributed by atoms with E-state index in [0.29, 0.717) is 24.7 Å². The molecule has 1 atom stereocenters. The quantitative estimate of drug-likeness (QED) is 0.626. The third kappa shape index (κ3) is 4.49. The summed E-state index contributed by atoms with van der Waals surface area (Å²) >= 11 is 0. The molecule has 0 N–H and O–H groups in total. The molecule has 1 saturated carbocycles. The van der Waals surface area contributed by atoms with Gasteiger partial charge in [0, 0.05) is 18.0 Å².